The lowest BCUT2D eigenvalue weighted by molar-refractivity contribution is -0.135. The van der Waals surface area contributed by atoms with Crippen LogP contribution in [0.15, 0.2) is 51.9 Å². The first kappa shape index (κ1) is 14.5. The highest BCUT2D eigenvalue weighted by molar-refractivity contribution is 6.07. The number of hydrogen-bond donors (Lipinski definition) is 1. The molecular formula is C15H13NO5. The molecule has 0 aliphatic carbocycles. The van der Waals surface area contributed by atoms with Gasteiger partial charge in [0.1, 0.15) is 12.8 Å². The summed E-state index contributed by atoms with van der Waals surface area (Å²) in [5.74, 6) is -1.69. The molecule has 1 N–H and O–H groups in total. The molecule has 1 amide bonds. The van der Waals surface area contributed by atoms with Gasteiger partial charge in [-0.25, -0.2) is 4.79 Å². The Morgan fingerprint density at radius 1 is 1.14 bits per heavy atom. The van der Waals surface area contributed by atoms with Crippen molar-refractivity contribution in [1.82, 2.24) is 0 Å². The maximum Gasteiger partial charge on any atom is 0.335 e. The van der Waals surface area contributed by atoms with Crippen LogP contribution in [0.1, 0.15) is 15.9 Å². The van der Waals surface area contributed by atoms with E-state index in [1.165, 1.54) is 6.07 Å². The van der Waals surface area contributed by atoms with Crippen LogP contribution >= 0.6 is 0 Å². The van der Waals surface area contributed by atoms with Crippen LogP contribution in [-0.2, 0) is 4.79 Å². The van der Waals surface area contributed by atoms with Gasteiger partial charge in [0.25, 0.3) is 5.91 Å². The van der Waals surface area contributed by atoms with Crippen LogP contribution in [0.2, 0.25) is 0 Å². The standard InChI is InChI=1S/C15H13NO5/c1-10-2-5-12(6-3-10)16(8-13(17)18)15(20)11-4-7-14(19)21-9-11/h2-7,9H,8H2,1H3,(H,17,18). The van der Waals surface area contributed by atoms with E-state index in [0.717, 1.165) is 22.8 Å². The van der Waals surface area contributed by atoms with Gasteiger partial charge in [0.05, 0.1) is 5.56 Å². The number of amides is 1. The number of benzene rings is 1. The second-order valence-corrected chi connectivity index (χ2v) is 4.46. The fraction of sp³-hybridized carbons (Fsp3) is 0.133. The van der Waals surface area contributed by atoms with Crippen molar-refractivity contribution in [2.24, 2.45) is 0 Å². The second kappa shape index (κ2) is 6.04. The lowest BCUT2D eigenvalue weighted by Gasteiger charge is -2.20. The number of aryl methyl sites for hydroxylation is 1. The zero-order valence-corrected chi connectivity index (χ0v) is 11.3. The molecule has 2 rings (SSSR count). The number of nitrogens with zero attached hydrogens (tertiary/aromatic N) is 1. The van der Waals surface area contributed by atoms with Crippen LogP contribution < -0.4 is 10.5 Å². The number of carboxylic acid groups (broad SMARTS) is 1. The second-order valence-electron chi connectivity index (χ2n) is 4.46. The number of carboxylic acids is 1. The monoisotopic (exact) mass is 287 g/mol. The van der Waals surface area contributed by atoms with Crippen LogP contribution in [0.4, 0.5) is 5.69 Å². The molecule has 1 aromatic carbocycles. The van der Waals surface area contributed by atoms with Gasteiger partial charge in [-0.3, -0.25) is 14.5 Å². The first-order valence-corrected chi connectivity index (χ1v) is 6.16. The van der Waals surface area contributed by atoms with E-state index in [1.54, 1.807) is 24.3 Å². The smallest absolute Gasteiger partial charge is 0.335 e. The minimum Gasteiger partial charge on any atom is -0.480 e. The summed E-state index contributed by atoms with van der Waals surface area (Å²) in [5, 5.41) is 8.97. The highest BCUT2D eigenvalue weighted by Gasteiger charge is 2.20. The Morgan fingerprint density at radius 3 is 2.33 bits per heavy atom. The number of anilines is 1. The summed E-state index contributed by atoms with van der Waals surface area (Å²) in [6, 6.07) is 9.30. The van der Waals surface area contributed by atoms with Crippen molar-refractivity contribution in [2.75, 3.05) is 11.4 Å². The maximum atomic E-state index is 12.4. The number of carbonyl (C=O) groups is 2. The molecule has 6 heteroatoms. The fourth-order valence-electron chi connectivity index (χ4n) is 1.78. The van der Waals surface area contributed by atoms with Crippen LogP contribution in [0, 0.1) is 6.92 Å². The molecule has 108 valence electrons. The number of rotatable bonds is 4. The Labute approximate surface area is 120 Å². The van der Waals surface area contributed by atoms with Crippen LogP contribution in [0.3, 0.4) is 0 Å². The Balaban J connectivity index is 2.37. The van der Waals surface area contributed by atoms with Crippen LogP contribution in [0.5, 0.6) is 0 Å². The van der Waals surface area contributed by atoms with Crippen molar-refractivity contribution in [1.29, 1.82) is 0 Å². The Morgan fingerprint density at radius 2 is 1.81 bits per heavy atom. The molecule has 0 fully saturated rings. The summed E-state index contributed by atoms with van der Waals surface area (Å²) < 4.78 is 4.64. The Bertz CT molecular complexity index is 697. The van der Waals surface area contributed by atoms with E-state index in [4.69, 9.17) is 5.11 Å². The molecule has 0 bridgehead atoms. The van der Waals surface area contributed by atoms with Gasteiger partial charge in [0.2, 0.25) is 0 Å². The van der Waals surface area contributed by atoms with Crippen molar-refractivity contribution in [3.63, 3.8) is 0 Å². The molecule has 0 radical (unpaired) electrons. The van der Waals surface area contributed by atoms with Crippen LogP contribution in [0.25, 0.3) is 0 Å². The molecule has 0 aliphatic rings. The number of aliphatic carboxylic acids is 1. The Kier molecular flexibility index (Phi) is 4.18. The first-order valence-electron chi connectivity index (χ1n) is 6.16. The molecule has 6 nitrogen and oxygen atoms in total. The lowest BCUT2D eigenvalue weighted by atomic mass is 10.2. The number of hydrogen-bond acceptors (Lipinski definition) is 4. The Hall–Kier alpha value is -2.89. The van der Waals surface area contributed by atoms with Crippen molar-refractivity contribution in [2.45, 2.75) is 6.92 Å². The average molecular weight is 287 g/mol. The third kappa shape index (κ3) is 3.56. The van der Waals surface area contributed by atoms with Gasteiger partial charge in [-0.2, -0.15) is 0 Å². The van der Waals surface area contributed by atoms with Crippen molar-refractivity contribution in [3.05, 3.63) is 64.2 Å². The normalized spacial score (nSPS) is 10.1. The predicted molar refractivity (Wildman–Crippen MR) is 75.5 cm³/mol. The maximum absolute atomic E-state index is 12.4. The summed E-state index contributed by atoms with van der Waals surface area (Å²) in [7, 11) is 0. The molecule has 0 spiro atoms. The van der Waals surface area contributed by atoms with E-state index >= 15 is 0 Å². The van der Waals surface area contributed by atoms with Crippen molar-refractivity contribution in [3.8, 4) is 0 Å². The molecule has 0 aliphatic heterocycles. The number of carbonyl (C=O) groups excluding carboxylic acids is 1. The molecule has 0 saturated heterocycles. The minimum atomic E-state index is -1.14. The minimum absolute atomic E-state index is 0.108. The zero-order valence-electron chi connectivity index (χ0n) is 11.3. The summed E-state index contributed by atoms with van der Waals surface area (Å²) in [6.45, 7) is 1.40. The van der Waals surface area contributed by atoms with Gasteiger partial charge < -0.3 is 9.52 Å². The summed E-state index contributed by atoms with van der Waals surface area (Å²) in [5.41, 5.74) is 0.981. The van der Waals surface area contributed by atoms with Gasteiger partial charge >= 0.3 is 11.6 Å². The first-order chi connectivity index (χ1) is 9.97. The van der Waals surface area contributed by atoms with Crippen molar-refractivity contribution < 1.29 is 19.1 Å². The van der Waals surface area contributed by atoms with E-state index in [0.29, 0.717) is 5.69 Å². The molecular weight excluding hydrogens is 274 g/mol. The largest absolute Gasteiger partial charge is 0.480 e. The third-order valence-corrected chi connectivity index (χ3v) is 2.83. The van der Waals surface area contributed by atoms with Gasteiger partial charge in [0.15, 0.2) is 0 Å². The summed E-state index contributed by atoms with van der Waals surface area (Å²) in [4.78, 5) is 35.4. The van der Waals surface area contributed by atoms with E-state index in [-0.39, 0.29) is 5.56 Å². The average Bonchev–Trinajstić information content (AvgIpc) is 2.46. The predicted octanol–water partition coefficient (Wildman–Crippen LogP) is 1.68. The molecule has 0 unspecified atom stereocenters. The molecule has 0 atom stereocenters. The SMILES string of the molecule is Cc1ccc(N(CC(=O)O)C(=O)c2ccc(=O)oc2)cc1. The van der Waals surface area contributed by atoms with Gasteiger partial charge in [0, 0.05) is 11.8 Å². The molecule has 21 heavy (non-hydrogen) atoms. The summed E-state index contributed by atoms with van der Waals surface area (Å²) in [6.07, 6.45) is 1.02. The topological polar surface area (TPSA) is 87.8 Å². The molecule has 0 saturated carbocycles. The third-order valence-electron chi connectivity index (χ3n) is 2.83. The van der Waals surface area contributed by atoms with E-state index in [2.05, 4.69) is 4.42 Å². The molecule has 1 heterocycles. The van der Waals surface area contributed by atoms with E-state index < -0.39 is 24.0 Å². The fourth-order valence-corrected chi connectivity index (χ4v) is 1.78. The lowest BCUT2D eigenvalue weighted by Crippen LogP contribution is -2.35. The van der Waals surface area contributed by atoms with Gasteiger partial charge in [-0.1, -0.05) is 17.7 Å². The quantitative estimate of drug-likeness (QED) is 0.924. The summed E-state index contributed by atoms with van der Waals surface area (Å²) >= 11 is 0. The highest BCUT2D eigenvalue weighted by atomic mass is 16.4. The van der Waals surface area contributed by atoms with Crippen molar-refractivity contribution >= 4 is 17.6 Å². The highest BCUT2D eigenvalue weighted by Crippen LogP contribution is 2.17. The van der Waals surface area contributed by atoms with Gasteiger partial charge in [-0.05, 0) is 25.1 Å². The van der Waals surface area contributed by atoms with Gasteiger partial charge in [-0.15, -0.1) is 0 Å². The van der Waals surface area contributed by atoms with E-state index in [9.17, 15) is 14.4 Å². The van der Waals surface area contributed by atoms with Crippen LogP contribution in [-0.4, -0.2) is 23.5 Å². The van der Waals surface area contributed by atoms with E-state index in [1.807, 2.05) is 6.92 Å². The molecule has 2 aromatic rings. The molecule has 1 aromatic heterocycles. The zero-order chi connectivity index (χ0) is 15.4.